The summed E-state index contributed by atoms with van der Waals surface area (Å²) in [7, 11) is 0. The molecule has 0 saturated heterocycles. The fourth-order valence-electron chi connectivity index (χ4n) is 1.29. The van der Waals surface area contributed by atoms with Gasteiger partial charge in [0.2, 0.25) is 5.91 Å². The Morgan fingerprint density at radius 1 is 1.44 bits per heavy atom. The fraction of sp³-hybridized carbons (Fsp3) is 0.273. The molecule has 0 heterocycles. The predicted octanol–water partition coefficient (Wildman–Crippen LogP) is 2.56. The van der Waals surface area contributed by atoms with E-state index >= 15 is 0 Å². The number of benzene rings is 1. The quantitative estimate of drug-likeness (QED) is 0.797. The Kier molecular flexibility index (Phi) is 3.41. The minimum absolute atomic E-state index is 0.000437. The zero-order chi connectivity index (χ0) is 11.5. The molecule has 5 heteroatoms. The van der Waals surface area contributed by atoms with Crippen molar-refractivity contribution in [3.8, 4) is 0 Å². The van der Waals surface area contributed by atoms with Crippen molar-refractivity contribution in [1.29, 1.82) is 0 Å². The van der Waals surface area contributed by atoms with E-state index in [9.17, 15) is 4.79 Å². The van der Waals surface area contributed by atoms with Gasteiger partial charge < -0.3 is 10.6 Å². The number of anilines is 1. The van der Waals surface area contributed by atoms with E-state index < -0.39 is 0 Å². The lowest BCUT2D eigenvalue weighted by Crippen LogP contribution is -2.35. The molecule has 2 rings (SSSR count). The van der Waals surface area contributed by atoms with Gasteiger partial charge in [-0.15, -0.1) is 0 Å². The maximum absolute atomic E-state index is 11.4. The van der Waals surface area contributed by atoms with E-state index in [0.717, 1.165) is 18.5 Å². The number of rotatable bonds is 2. The van der Waals surface area contributed by atoms with Gasteiger partial charge in [0, 0.05) is 16.6 Å². The van der Waals surface area contributed by atoms with Gasteiger partial charge in [0.05, 0.1) is 0 Å². The van der Waals surface area contributed by atoms with Crippen LogP contribution >= 0.6 is 23.8 Å². The van der Waals surface area contributed by atoms with Gasteiger partial charge >= 0.3 is 0 Å². The van der Waals surface area contributed by atoms with Crippen molar-refractivity contribution in [1.82, 2.24) is 5.32 Å². The summed E-state index contributed by atoms with van der Waals surface area (Å²) >= 11 is 10.8. The Labute approximate surface area is 104 Å². The Morgan fingerprint density at radius 2 is 2.19 bits per heavy atom. The molecular weight excluding hydrogens is 244 g/mol. The summed E-state index contributed by atoms with van der Waals surface area (Å²) in [6, 6.07) is 7.17. The van der Waals surface area contributed by atoms with Gasteiger partial charge in [-0.3, -0.25) is 4.79 Å². The molecule has 1 aliphatic rings. The van der Waals surface area contributed by atoms with Crippen molar-refractivity contribution in [2.45, 2.75) is 12.8 Å². The van der Waals surface area contributed by atoms with E-state index in [0.29, 0.717) is 10.1 Å². The molecule has 0 aromatic heterocycles. The summed E-state index contributed by atoms with van der Waals surface area (Å²) in [6.07, 6.45) is 1.93. The van der Waals surface area contributed by atoms with Crippen LogP contribution in [0, 0.1) is 5.92 Å². The maximum atomic E-state index is 11.4. The number of carbonyl (C=O) groups is 1. The molecule has 84 valence electrons. The SMILES string of the molecule is O=C(NC(=S)Nc1cccc(Cl)c1)C1CC1. The first-order valence-corrected chi connectivity index (χ1v) is 5.81. The first-order valence-electron chi connectivity index (χ1n) is 5.02. The molecule has 0 spiro atoms. The van der Waals surface area contributed by atoms with Gasteiger partial charge in [0.15, 0.2) is 5.11 Å². The number of thiocarbonyl (C=S) groups is 1. The van der Waals surface area contributed by atoms with Gasteiger partial charge in [0.1, 0.15) is 0 Å². The van der Waals surface area contributed by atoms with Gasteiger partial charge in [0.25, 0.3) is 0 Å². The van der Waals surface area contributed by atoms with Crippen LogP contribution in [0.25, 0.3) is 0 Å². The molecule has 1 fully saturated rings. The van der Waals surface area contributed by atoms with Crippen molar-refractivity contribution in [2.24, 2.45) is 5.92 Å². The number of carbonyl (C=O) groups excluding carboxylic acids is 1. The summed E-state index contributed by atoms with van der Waals surface area (Å²) < 4.78 is 0. The molecule has 0 atom stereocenters. The van der Waals surface area contributed by atoms with E-state index in [1.54, 1.807) is 12.1 Å². The van der Waals surface area contributed by atoms with E-state index in [2.05, 4.69) is 10.6 Å². The summed E-state index contributed by atoms with van der Waals surface area (Å²) in [6.45, 7) is 0. The molecule has 1 aliphatic carbocycles. The van der Waals surface area contributed by atoms with E-state index in [1.807, 2.05) is 12.1 Å². The minimum atomic E-state index is -0.000437. The zero-order valence-electron chi connectivity index (χ0n) is 8.50. The normalized spacial score (nSPS) is 14.3. The highest BCUT2D eigenvalue weighted by Crippen LogP contribution is 2.28. The second-order valence-corrected chi connectivity index (χ2v) is 4.57. The predicted molar refractivity (Wildman–Crippen MR) is 68.5 cm³/mol. The molecule has 1 aromatic carbocycles. The topological polar surface area (TPSA) is 41.1 Å². The first kappa shape index (κ1) is 11.4. The lowest BCUT2D eigenvalue weighted by molar-refractivity contribution is -0.120. The highest BCUT2D eigenvalue weighted by atomic mass is 35.5. The molecule has 0 radical (unpaired) electrons. The second-order valence-electron chi connectivity index (χ2n) is 3.73. The van der Waals surface area contributed by atoms with Crippen LogP contribution in [-0.4, -0.2) is 11.0 Å². The van der Waals surface area contributed by atoms with Gasteiger partial charge in [-0.05, 0) is 43.3 Å². The van der Waals surface area contributed by atoms with Crippen LogP contribution in [0.4, 0.5) is 5.69 Å². The van der Waals surface area contributed by atoms with Crippen molar-refractivity contribution in [3.63, 3.8) is 0 Å². The van der Waals surface area contributed by atoms with Crippen LogP contribution < -0.4 is 10.6 Å². The first-order chi connectivity index (χ1) is 7.65. The summed E-state index contributed by atoms with van der Waals surface area (Å²) in [5.41, 5.74) is 0.772. The van der Waals surface area contributed by atoms with Crippen molar-refractivity contribution in [3.05, 3.63) is 29.3 Å². The molecule has 16 heavy (non-hydrogen) atoms. The zero-order valence-corrected chi connectivity index (χ0v) is 10.1. The third kappa shape index (κ3) is 3.18. The van der Waals surface area contributed by atoms with Crippen molar-refractivity contribution in [2.75, 3.05) is 5.32 Å². The highest BCUT2D eigenvalue weighted by Gasteiger charge is 2.29. The number of nitrogens with one attached hydrogen (secondary N) is 2. The van der Waals surface area contributed by atoms with Gasteiger partial charge in [-0.25, -0.2) is 0 Å². The van der Waals surface area contributed by atoms with E-state index in [4.69, 9.17) is 23.8 Å². The van der Waals surface area contributed by atoms with Crippen LogP contribution in [0.3, 0.4) is 0 Å². The molecule has 2 N–H and O–H groups in total. The number of halogens is 1. The van der Waals surface area contributed by atoms with Crippen LogP contribution in [0.5, 0.6) is 0 Å². The van der Waals surface area contributed by atoms with Crippen molar-refractivity contribution >= 4 is 40.5 Å². The fourth-order valence-corrected chi connectivity index (χ4v) is 1.70. The highest BCUT2D eigenvalue weighted by molar-refractivity contribution is 7.80. The second kappa shape index (κ2) is 4.80. The lowest BCUT2D eigenvalue weighted by atomic mass is 10.3. The van der Waals surface area contributed by atoms with E-state index in [-0.39, 0.29) is 11.8 Å². The maximum Gasteiger partial charge on any atom is 0.229 e. The van der Waals surface area contributed by atoms with Crippen molar-refractivity contribution < 1.29 is 4.79 Å². The Morgan fingerprint density at radius 3 is 2.81 bits per heavy atom. The lowest BCUT2D eigenvalue weighted by Gasteiger charge is -2.09. The van der Waals surface area contributed by atoms with Crippen LogP contribution in [0.1, 0.15) is 12.8 Å². The number of hydrogen-bond donors (Lipinski definition) is 2. The average Bonchev–Trinajstić information content (AvgIpc) is 2.99. The Balaban J connectivity index is 1.89. The number of amides is 1. The van der Waals surface area contributed by atoms with Gasteiger partial charge in [-0.1, -0.05) is 17.7 Å². The van der Waals surface area contributed by atoms with E-state index in [1.165, 1.54) is 0 Å². The third-order valence-corrected chi connectivity index (χ3v) is 2.71. The minimum Gasteiger partial charge on any atom is -0.332 e. The summed E-state index contributed by atoms with van der Waals surface area (Å²) in [4.78, 5) is 11.4. The van der Waals surface area contributed by atoms with Crippen LogP contribution in [-0.2, 0) is 4.79 Å². The Hall–Kier alpha value is -1.13. The molecule has 1 saturated carbocycles. The molecule has 1 aromatic rings. The standard InChI is InChI=1S/C11H11ClN2OS/c12-8-2-1-3-9(6-8)13-11(16)14-10(15)7-4-5-7/h1-3,6-7H,4-5H2,(H2,13,14,15,16). The molecule has 3 nitrogen and oxygen atoms in total. The van der Waals surface area contributed by atoms with Crippen LogP contribution in [0.15, 0.2) is 24.3 Å². The molecule has 0 unspecified atom stereocenters. The van der Waals surface area contributed by atoms with Crippen LogP contribution in [0.2, 0.25) is 5.02 Å². The van der Waals surface area contributed by atoms with Gasteiger partial charge in [-0.2, -0.15) is 0 Å². The third-order valence-electron chi connectivity index (χ3n) is 2.27. The average molecular weight is 255 g/mol. The largest absolute Gasteiger partial charge is 0.332 e. The summed E-state index contributed by atoms with van der Waals surface area (Å²) in [5, 5.41) is 6.50. The Bertz CT molecular complexity index is 432. The summed E-state index contributed by atoms with van der Waals surface area (Å²) in [5.74, 6) is 0.152. The monoisotopic (exact) mass is 254 g/mol. The molecule has 0 aliphatic heterocycles. The smallest absolute Gasteiger partial charge is 0.229 e. The molecular formula is C11H11ClN2OS. The molecule has 0 bridgehead atoms. The number of hydrogen-bond acceptors (Lipinski definition) is 2. The molecule has 1 amide bonds.